The van der Waals surface area contributed by atoms with Crippen LogP contribution in [0.25, 0.3) is 0 Å². The van der Waals surface area contributed by atoms with Crippen LogP contribution in [0, 0.1) is 5.41 Å². The first kappa shape index (κ1) is 21.1. The quantitative estimate of drug-likeness (QED) is 0.742. The second-order valence-corrected chi connectivity index (χ2v) is 11.0. The smallest absolute Gasteiger partial charge is 0.252 e. The van der Waals surface area contributed by atoms with E-state index in [0.29, 0.717) is 30.3 Å². The first-order valence-electron chi connectivity index (χ1n) is 8.91. The molecular formula is C19H23ClN2O4S2. The molecule has 1 aliphatic rings. The lowest BCUT2D eigenvalue weighted by atomic mass is 9.82. The summed E-state index contributed by atoms with van der Waals surface area (Å²) in [5, 5.41) is 2.94. The van der Waals surface area contributed by atoms with Crippen molar-refractivity contribution in [2.45, 2.75) is 30.5 Å². The zero-order valence-electron chi connectivity index (χ0n) is 15.8. The van der Waals surface area contributed by atoms with Gasteiger partial charge in [0.25, 0.3) is 10.0 Å². The van der Waals surface area contributed by atoms with E-state index in [9.17, 15) is 13.2 Å². The van der Waals surface area contributed by atoms with Crippen molar-refractivity contribution in [1.29, 1.82) is 0 Å². The van der Waals surface area contributed by atoms with Gasteiger partial charge in [0.15, 0.2) is 0 Å². The molecule has 2 aromatic rings. The van der Waals surface area contributed by atoms with Crippen LogP contribution in [-0.2, 0) is 21.4 Å². The Hall–Kier alpha value is -1.61. The van der Waals surface area contributed by atoms with Gasteiger partial charge in [-0.15, -0.1) is 11.3 Å². The monoisotopic (exact) mass is 442 g/mol. The van der Waals surface area contributed by atoms with Crippen molar-refractivity contribution >= 4 is 38.9 Å². The predicted molar refractivity (Wildman–Crippen MR) is 110 cm³/mol. The van der Waals surface area contributed by atoms with Crippen molar-refractivity contribution in [2.24, 2.45) is 5.41 Å². The number of carbonyl (C=O) groups excluding carboxylic acids is 1. The summed E-state index contributed by atoms with van der Waals surface area (Å²) >= 11 is 6.93. The van der Waals surface area contributed by atoms with E-state index in [1.54, 1.807) is 13.2 Å². The van der Waals surface area contributed by atoms with Gasteiger partial charge >= 0.3 is 0 Å². The van der Waals surface area contributed by atoms with Crippen LogP contribution in [-0.4, -0.2) is 38.8 Å². The van der Waals surface area contributed by atoms with Gasteiger partial charge in [0, 0.05) is 19.6 Å². The van der Waals surface area contributed by atoms with Crippen LogP contribution >= 0.6 is 22.9 Å². The van der Waals surface area contributed by atoms with Crippen molar-refractivity contribution in [3.63, 3.8) is 0 Å². The minimum absolute atomic E-state index is 0.146. The topological polar surface area (TPSA) is 75.7 Å². The molecule has 1 aromatic heterocycles. The Balaban J connectivity index is 1.67. The molecule has 1 atom stereocenters. The van der Waals surface area contributed by atoms with E-state index in [1.807, 2.05) is 31.2 Å². The number of nitrogens with one attached hydrogen (secondary N) is 1. The van der Waals surface area contributed by atoms with Crippen LogP contribution in [0.3, 0.4) is 0 Å². The Labute approximate surface area is 174 Å². The SMILES string of the molecule is COc1ccc(CNC(=O)C2(C)CCCN(S(=O)(=O)c3ccc(Cl)s3)C2)cc1. The van der Waals surface area contributed by atoms with Gasteiger partial charge in [-0.25, -0.2) is 8.42 Å². The van der Waals surface area contributed by atoms with Gasteiger partial charge in [-0.2, -0.15) is 4.31 Å². The van der Waals surface area contributed by atoms with Gasteiger partial charge < -0.3 is 10.1 Å². The third-order valence-corrected chi connectivity index (χ3v) is 8.51. The number of halogens is 1. The Morgan fingerprint density at radius 3 is 2.61 bits per heavy atom. The average Bonchev–Trinajstić information content (AvgIpc) is 3.13. The van der Waals surface area contributed by atoms with E-state index in [2.05, 4.69) is 5.32 Å². The number of hydrogen-bond acceptors (Lipinski definition) is 5. The van der Waals surface area contributed by atoms with Crippen molar-refractivity contribution in [1.82, 2.24) is 9.62 Å². The van der Waals surface area contributed by atoms with E-state index >= 15 is 0 Å². The second-order valence-electron chi connectivity index (χ2n) is 7.09. The molecular weight excluding hydrogens is 420 g/mol. The molecule has 0 radical (unpaired) electrons. The summed E-state index contributed by atoms with van der Waals surface area (Å²) in [5.74, 6) is 0.608. The molecule has 152 valence electrons. The lowest BCUT2D eigenvalue weighted by Gasteiger charge is -2.38. The van der Waals surface area contributed by atoms with Crippen LogP contribution in [0.15, 0.2) is 40.6 Å². The Kier molecular flexibility index (Phi) is 6.34. The maximum Gasteiger partial charge on any atom is 0.252 e. The molecule has 0 spiro atoms. The van der Waals surface area contributed by atoms with Crippen molar-refractivity contribution in [3.05, 3.63) is 46.3 Å². The third-order valence-electron chi connectivity index (χ3n) is 4.96. The number of methoxy groups -OCH3 is 1. The molecule has 1 amide bonds. The van der Waals surface area contributed by atoms with Crippen LogP contribution in [0.2, 0.25) is 4.34 Å². The number of sulfonamides is 1. The molecule has 1 N–H and O–H groups in total. The van der Waals surface area contributed by atoms with E-state index in [-0.39, 0.29) is 16.7 Å². The summed E-state index contributed by atoms with van der Waals surface area (Å²) in [6.07, 6.45) is 1.27. The van der Waals surface area contributed by atoms with Crippen LogP contribution in [0.1, 0.15) is 25.3 Å². The molecule has 1 saturated heterocycles. The fourth-order valence-electron chi connectivity index (χ4n) is 3.29. The first-order valence-corrected chi connectivity index (χ1v) is 11.5. The highest BCUT2D eigenvalue weighted by molar-refractivity contribution is 7.91. The minimum Gasteiger partial charge on any atom is -0.497 e. The molecule has 2 heterocycles. The van der Waals surface area contributed by atoms with Crippen LogP contribution < -0.4 is 10.1 Å². The van der Waals surface area contributed by atoms with Crippen LogP contribution in [0.4, 0.5) is 0 Å². The summed E-state index contributed by atoms with van der Waals surface area (Å²) in [5.41, 5.74) is 0.171. The van der Waals surface area contributed by atoms with Crippen molar-refractivity contribution in [2.75, 3.05) is 20.2 Å². The highest BCUT2D eigenvalue weighted by Crippen LogP contribution is 2.35. The summed E-state index contributed by atoms with van der Waals surface area (Å²) in [6.45, 7) is 2.75. The van der Waals surface area contributed by atoms with Gasteiger partial charge in [0.05, 0.1) is 16.9 Å². The molecule has 1 fully saturated rings. The van der Waals surface area contributed by atoms with E-state index < -0.39 is 15.4 Å². The number of thiophene rings is 1. The lowest BCUT2D eigenvalue weighted by molar-refractivity contribution is -0.132. The maximum absolute atomic E-state index is 12.9. The molecule has 0 saturated carbocycles. The summed E-state index contributed by atoms with van der Waals surface area (Å²) < 4.78 is 32.9. The fraction of sp³-hybridized carbons (Fsp3) is 0.421. The number of piperidine rings is 1. The molecule has 6 nitrogen and oxygen atoms in total. The molecule has 1 aromatic carbocycles. The summed E-state index contributed by atoms with van der Waals surface area (Å²) in [7, 11) is -2.05. The lowest BCUT2D eigenvalue weighted by Crippen LogP contribution is -2.51. The standard InChI is InChI=1S/C19H23ClN2O4S2/c1-19(18(23)21-12-14-4-6-15(26-2)7-5-14)10-3-11-22(13-19)28(24,25)17-9-8-16(20)27-17/h4-9H,3,10-13H2,1-2H3,(H,21,23). The molecule has 9 heteroatoms. The summed E-state index contributed by atoms with van der Waals surface area (Å²) in [4.78, 5) is 12.9. The molecule has 0 bridgehead atoms. The summed E-state index contributed by atoms with van der Waals surface area (Å²) in [6, 6.07) is 10.5. The highest BCUT2D eigenvalue weighted by Gasteiger charge is 2.42. The maximum atomic E-state index is 12.9. The van der Waals surface area contributed by atoms with E-state index in [4.69, 9.17) is 16.3 Å². The predicted octanol–water partition coefficient (Wildman–Crippen LogP) is 3.52. The molecule has 0 aliphatic carbocycles. The van der Waals surface area contributed by atoms with Crippen molar-refractivity contribution in [3.8, 4) is 5.75 Å². The van der Waals surface area contributed by atoms with E-state index in [1.165, 1.54) is 10.4 Å². The number of rotatable bonds is 6. The Bertz CT molecular complexity index is 943. The molecule has 1 aliphatic heterocycles. The second kappa shape index (κ2) is 8.41. The third kappa shape index (κ3) is 4.51. The van der Waals surface area contributed by atoms with E-state index in [0.717, 1.165) is 22.6 Å². The Morgan fingerprint density at radius 1 is 1.29 bits per heavy atom. The van der Waals surface area contributed by atoms with Crippen molar-refractivity contribution < 1.29 is 17.9 Å². The van der Waals surface area contributed by atoms with Gasteiger partial charge in [-0.05, 0) is 49.6 Å². The minimum atomic E-state index is -3.65. The average molecular weight is 443 g/mol. The number of ether oxygens (including phenoxy) is 1. The zero-order valence-corrected chi connectivity index (χ0v) is 18.2. The zero-order chi connectivity index (χ0) is 20.4. The largest absolute Gasteiger partial charge is 0.497 e. The van der Waals surface area contributed by atoms with Crippen LogP contribution in [0.5, 0.6) is 5.75 Å². The number of amides is 1. The fourth-order valence-corrected chi connectivity index (χ4v) is 6.53. The van der Waals surface area contributed by atoms with Gasteiger partial charge in [-0.1, -0.05) is 23.7 Å². The normalized spacial score (nSPS) is 20.7. The highest BCUT2D eigenvalue weighted by atomic mass is 35.5. The number of nitrogens with zero attached hydrogens (tertiary/aromatic N) is 1. The molecule has 1 unspecified atom stereocenters. The number of benzene rings is 1. The van der Waals surface area contributed by atoms with Gasteiger partial charge in [0.1, 0.15) is 9.96 Å². The molecule has 3 rings (SSSR count). The number of carbonyl (C=O) groups is 1. The molecule has 28 heavy (non-hydrogen) atoms. The van der Waals surface area contributed by atoms with Gasteiger partial charge in [0.2, 0.25) is 5.91 Å². The van der Waals surface area contributed by atoms with Gasteiger partial charge in [-0.3, -0.25) is 4.79 Å². The number of hydrogen-bond donors (Lipinski definition) is 1. The Morgan fingerprint density at radius 2 is 2.00 bits per heavy atom. The first-order chi connectivity index (χ1) is 13.2.